The summed E-state index contributed by atoms with van der Waals surface area (Å²) in [6.45, 7) is 4.33. The summed E-state index contributed by atoms with van der Waals surface area (Å²) in [6.07, 6.45) is -2.46. The van der Waals surface area contributed by atoms with Crippen molar-refractivity contribution < 1.29 is 13.6 Å². The summed E-state index contributed by atoms with van der Waals surface area (Å²) >= 11 is 0. The Bertz CT molecular complexity index is 394. The van der Waals surface area contributed by atoms with Gasteiger partial charge in [-0.05, 0) is 25.5 Å². The highest BCUT2D eigenvalue weighted by atomic mass is 19.3. The lowest BCUT2D eigenvalue weighted by molar-refractivity contribution is -0.120. The Morgan fingerprint density at radius 1 is 1.33 bits per heavy atom. The van der Waals surface area contributed by atoms with E-state index in [-0.39, 0.29) is 24.1 Å². The fraction of sp³-hybridized carbons (Fsp3) is 0.462. The molecule has 0 aliphatic carbocycles. The zero-order valence-electron chi connectivity index (χ0n) is 10.5. The van der Waals surface area contributed by atoms with Gasteiger partial charge in [-0.15, -0.1) is 0 Å². The SMILES string of the molecule is CC(C)NC(=O)CNCc1cccc(C(F)F)c1. The zero-order valence-corrected chi connectivity index (χ0v) is 10.5. The van der Waals surface area contributed by atoms with Crippen LogP contribution in [0.5, 0.6) is 0 Å². The van der Waals surface area contributed by atoms with Gasteiger partial charge in [-0.1, -0.05) is 18.2 Å². The number of hydrogen-bond donors (Lipinski definition) is 2. The number of alkyl halides is 2. The lowest BCUT2D eigenvalue weighted by Gasteiger charge is -2.09. The summed E-state index contributed by atoms with van der Waals surface area (Å²) in [5.74, 6) is -0.102. The minimum Gasteiger partial charge on any atom is -0.353 e. The van der Waals surface area contributed by atoms with E-state index in [2.05, 4.69) is 10.6 Å². The highest BCUT2D eigenvalue weighted by molar-refractivity contribution is 5.78. The Morgan fingerprint density at radius 2 is 2.06 bits per heavy atom. The highest BCUT2D eigenvalue weighted by Gasteiger charge is 2.07. The molecule has 0 heterocycles. The smallest absolute Gasteiger partial charge is 0.263 e. The van der Waals surface area contributed by atoms with Crippen molar-refractivity contribution in [2.45, 2.75) is 32.9 Å². The predicted molar refractivity (Wildman–Crippen MR) is 66.4 cm³/mol. The Balaban J connectivity index is 2.39. The molecule has 0 spiro atoms. The molecule has 0 atom stereocenters. The summed E-state index contributed by atoms with van der Waals surface area (Å²) in [7, 11) is 0. The number of carbonyl (C=O) groups excluding carboxylic acids is 1. The quantitative estimate of drug-likeness (QED) is 0.819. The van der Waals surface area contributed by atoms with Crippen LogP contribution in [0.4, 0.5) is 8.78 Å². The van der Waals surface area contributed by atoms with Crippen LogP contribution >= 0.6 is 0 Å². The van der Waals surface area contributed by atoms with Crippen molar-refractivity contribution in [3.63, 3.8) is 0 Å². The van der Waals surface area contributed by atoms with Crippen molar-refractivity contribution in [3.05, 3.63) is 35.4 Å². The van der Waals surface area contributed by atoms with E-state index in [0.29, 0.717) is 6.54 Å². The van der Waals surface area contributed by atoms with Crippen LogP contribution in [0, 0.1) is 0 Å². The lowest BCUT2D eigenvalue weighted by Crippen LogP contribution is -2.37. The standard InChI is InChI=1S/C13H18F2N2O/c1-9(2)17-12(18)8-16-7-10-4-3-5-11(6-10)13(14)15/h3-6,9,13,16H,7-8H2,1-2H3,(H,17,18). The molecule has 100 valence electrons. The average molecular weight is 256 g/mol. The average Bonchev–Trinajstić information content (AvgIpc) is 2.28. The number of carbonyl (C=O) groups is 1. The normalized spacial score (nSPS) is 11.0. The molecule has 1 aromatic rings. The van der Waals surface area contributed by atoms with Crippen molar-refractivity contribution in [1.82, 2.24) is 10.6 Å². The van der Waals surface area contributed by atoms with Crippen molar-refractivity contribution in [1.29, 1.82) is 0 Å². The molecule has 5 heteroatoms. The maximum atomic E-state index is 12.5. The van der Waals surface area contributed by atoms with Gasteiger partial charge >= 0.3 is 0 Å². The van der Waals surface area contributed by atoms with E-state index in [1.165, 1.54) is 12.1 Å². The van der Waals surface area contributed by atoms with Gasteiger partial charge in [0.25, 0.3) is 6.43 Å². The third kappa shape index (κ3) is 5.23. The first kappa shape index (κ1) is 14.6. The van der Waals surface area contributed by atoms with E-state index >= 15 is 0 Å². The van der Waals surface area contributed by atoms with E-state index < -0.39 is 6.43 Å². The molecular formula is C13H18F2N2O. The molecule has 0 bridgehead atoms. The second-order valence-corrected chi connectivity index (χ2v) is 4.37. The second-order valence-electron chi connectivity index (χ2n) is 4.37. The Morgan fingerprint density at radius 3 is 2.67 bits per heavy atom. The number of amides is 1. The largest absolute Gasteiger partial charge is 0.353 e. The van der Waals surface area contributed by atoms with Crippen LogP contribution in [-0.2, 0) is 11.3 Å². The summed E-state index contributed by atoms with van der Waals surface area (Å²) in [5, 5.41) is 5.65. The minimum atomic E-state index is -2.46. The van der Waals surface area contributed by atoms with Gasteiger partial charge in [0.15, 0.2) is 0 Å². The highest BCUT2D eigenvalue weighted by Crippen LogP contribution is 2.19. The molecular weight excluding hydrogens is 238 g/mol. The maximum Gasteiger partial charge on any atom is 0.263 e. The number of halogens is 2. The molecule has 2 N–H and O–H groups in total. The van der Waals surface area contributed by atoms with Crippen LogP contribution in [0.3, 0.4) is 0 Å². The summed E-state index contributed by atoms with van der Waals surface area (Å²) in [5.41, 5.74) is 0.742. The van der Waals surface area contributed by atoms with E-state index in [1.807, 2.05) is 13.8 Å². The molecule has 0 aromatic heterocycles. The topological polar surface area (TPSA) is 41.1 Å². The minimum absolute atomic E-state index is 0.000863. The monoisotopic (exact) mass is 256 g/mol. The lowest BCUT2D eigenvalue weighted by atomic mass is 10.1. The van der Waals surface area contributed by atoms with Gasteiger partial charge in [-0.2, -0.15) is 0 Å². The van der Waals surface area contributed by atoms with Crippen LogP contribution in [-0.4, -0.2) is 18.5 Å². The van der Waals surface area contributed by atoms with E-state index in [1.54, 1.807) is 12.1 Å². The molecule has 3 nitrogen and oxygen atoms in total. The van der Waals surface area contributed by atoms with Crippen molar-refractivity contribution in [3.8, 4) is 0 Å². The van der Waals surface area contributed by atoms with Crippen molar-refractivity contribution in [2.75, 3.05) is 6.54 Å². The van der Waals surface area contributed by atoms with Crippen LogP contribution < -0.4 is 10.6 Å². The number of nitrogens with one attached hydrogen (secondary N) is 2. The molecule has 0 aliphatic rings. The van der Waals surface area contributed by atoms with Crippen molar-refractivity contribution in [2.24, 2.45) is 0 Å². The molecule has 1 aromatic carbocycles. The third-order valence-electron chi connectivity index (χ3n) is 2.27. The number of hydrogen-bond acceptors (Lipinski definition) is 2. The van der Waals surface area contributed by atoms with Gasteiger partial charge < -0.3 is 10.6 Å². The van der Waals surface area contributed by atoms with Crippen LogP contribution in [0.15, 0.2) is 24.3 Å². The van der Waals surface area contributed by atoms with Crippen LogP contribution in [0.2, 0.25) is 0 Å². The van der Waals surface area contributed by atoms with Gasteiger partial charge in [0.2, 0.25) is 5.91 Å². The molecule has 0 radical (unpaired) electrons. The second kappa shape index (κ2) is 7.06. The zero-order chi connectivity index (χ0) is 13.5. The Labute approximate surface area is 106 Å². The number of benzene rings is 1. The summed E-state index contributed by atoms with van der Waals surface area (Å²) in [6, 6.07) is 6.27. The summed E-state index contributed by atoms with van der Waals surface area (Å²) in [4.78, 5) is 11.3. The first-order chi connectivity index (χ1) is 8.49. The molecule has 0 aliphatic heterocycles. The Kier molecular flexibility index (Phi) is 5.71. The van der Waals surface area contributed by atoms with Gasteiger partial charge in [-0.25, -0.2) is 8.78 Å². The fourth-order valence-corrected chi connectivity index (χ4v) is 1.53. The predicted octanol–water partition coefficient (Wildman–Crippen LogP) is 2.24. The Hall–Kier alpha value is -1.49. The van der Waals surface area contributed by atoms with Gasteiger partial charge in [0.1, 0.15) is 0 Å². The van der Waals surface area contributed by atoms with Crippen LogP contribution in [0.1, 0.15) is 31.4 Å². The van der Waals surface area contributed by atoms with Crippen molar-refractivity contribution >= 4 is 5.91 Å². The first-order valence-electron chi connectivity index (χ1n) is 5.86. The molecule has 1 amide bonds. The molecule has 1 rings (SSSR count). The van der Waals surface area contributed by atoms with E-state index in [0.717, 1.165) is 5.56 Å². The molecule has 0 saturated heterocycles. The number of rotatable bonds is 6. The molecule has 0 unspecified atom stereocenters. The maximum absolute atomic E-state index is 12.5. The first-order valence-corrected chi connectivity index (χ1v) is 5.86. The third-order valence-corrected chi connectivity index (χ3v) is 2.27. The molecule has 0 saturated carbocycles. The molecule has 18 heavy (non-hydrogen) atoms. The van der Waals surface area contributed by atoms with E-state index in [4.69, 9.17) is 0 Å². The summed E-state index contributed by atoms with van der Waals surface area (Å²) < 4.78 is 24.9. The van der Waals surface area contributed by atoms with Gasteiger partial charge in [-0.3, -0.25) is 4.79 Å². The van der Waals surface area contributed by atoms with E-state index in [9.17, 15) is 13.6 Å². The van der Waals surface area contributed by atoms with Crippen LogP contribution in [0.25, 0.3) is 0 Å². The fourth-order valence-electron chi connectivity index (χ4n) is 1.53. The molecule has 0 fully saturated rings. The van der Waals surface area contributed by atoms with Gasteiger partial charge in [0, 0.05) is 18.2 Å². The van der Waals surface area contributed by atoms with Gasteiger partial charge in [0.05, 0.1) is 6.54 Å².